The lowest BCUT2D eigenvalue weighted by atomic mass is 9.92. The molecule has 1 aliphatic heterocycles. The molecule has 9 heteroatoms. The first-order valence-electron chi connectivity index (χ1n) is 7.37. The van der Waals surface area contributed by atoms with Gasteiger partial charge in [-0.3, -0.25) is 4.79 Å². The summed E-state index contributed by atoms with van der Waals surface area (Å²) in [6.07, 6.45) is -2.59. The first kappa shape index (κ1) is 18.6. The van der Waals surface area contributed by atoms with Crippen LogP contribution >= 0.6 is 11.8 Å². The van der Waals surface area contributed by atoms with Gasteiger partial charge in [0, 0.05) is 12.7 Å². The molecule has 1 fully saturated rings. The summed E-state index contributed by atoms with van der Waals surface area (Å²) in [5.41, 5.74) is -0.853. The second-order valence-corrected chi connectivity index (χ2v) is 6.74. The predicted molar refractivity (Wildman–Crippen MR) is 81.5 cm³/mol. The maximum Gasteiger partial charge on any atom is 0.417 e. The Labute approximate surface area is 141 Å². The predicted octanol–water partition coefficient (Wildman–Crippen LogP) is 2.90. The van der Waals surface area contributed by atoms with Crippen LogP contribution in [-0.2, 0) is 15.8 Å². The third-order valence-electron chi connectivity index (χ3n) is 3.88. The first-order valence-corrected chi connectivity index (χ1v) is 8.35. The molecule has 1 aromatic heterocycles. The van der Waals surface area contributed by atoms with Crippen LogP contribution in [0, 0.1) is 5.92 Å². The summed E-state index contributed by atoms with van der Waals surface area (Å²) in [5.74, 6) is -1.20. The van der Waals surface area contributed by atoms with E-state index in [1.807, 2.05) is 6.92 Å². The van der Waals surface area contributed by atoms with Crippen molar-refractivity contribution in [2.45, 2.75) is 37.0 Å². The molecular weight excluding hydrogens is 345 g/mol. The molecule has 1 aliphatic rings. The number of carboxylic acid groups (broad SMARTS) is 1. The monoisotopic (exact) mass is 362 g/mol. The van der Waals surface area contributed by atoms with Gasteiger partial charge in [0.15, 0.2) is 0 Å². The Hall–Kier alpha value is -1.77. The van der Waals surface area contributed by atoms with Crippen molar-refractivity contribution in [2.24, 2.45) is 5.92 Å². The minimum atomic E-state index is -4.45. The Balaban J connectivity index is 1.96. The van der Waals surface area contributed by atoms with Gasteiger partial charge in [-0.15, -0.1) is 0 Å². The van der Waals surface area contributed by atoms with E-state index in [0.717, 1.165) is 30.4 Å². The van der Waals surface area contributed by atoms with E-state index in [0.29, 0.717) is 13.0 Å². The van der Waals surface area contributed by atoms with Gasteiger partial charge < -0.3 is 10.0 Å². The molecule has 0 bridgehead atoms. The van der Waals surface area contributed by atoms with Gasteiger partial charge in [-0.1, -0.05) is 18.7 Å². The first-order chi connectivity index (χ1) is 11.2. The van der Waals surface area contributed by atoms with E-state index < -0.39 is 23.8 Å². The number of nitrogens with zero attached hydrogens (tertiary/aromatic N) is 2. The molecular formula is C15H17F3N2O3S. The fourth-order valence-corrected chi connectivity index (χ4v) is 3.25. The standard InChI is InChI=1S/C15H17F3N2O3S/c1-9-4-5-20(11(6-9)14(22)23)13(21)8-24-12-3-2-10(7-19-12)15(16,17)18/h2-3,7,9,11H,4-6,8H2,1H3,(H,22,23). The lowest BCUT2D eigenvalue weighted by Gasteiger charge is -2.35. The maximum absolute atomic E-state index is 12.5. The van der Waals surface area contributed by atoms with Crippen molar-refractivity contribution >= 4 is 23.6 Å². The Morgan fingerprint density at radius 3 is 2.67 bits per heavy atom. The van der Waals surface area contributed by atoms with Crippen LogP contribution in [0.3, 0.4) is 0 Å². The summed E-state index contributed by atoms with van der Waals surface area (Å²) in [5, 5.41) is 9.53. The molecule has 1 aromatic rings. The molecule has 0 spiro atoms. The lowest BCUT2D eigenvalue weighted by Crippen LogP contribution is -2.50. The average Bonchev–Trinajstić information content (AvgIpc) is 2.52. The molecule has 0 aromatic carbocycles. The van der Waals surface area contributed by atoms with E-state index in [2.05, 4.69) is 4.98 Å². The Morgan fingerprint density at radius 2 is 2.12 bits per heavy atom. The van der Waals surface area contributed by atoms with Gasteiger partial charge in [-0.25, -0.2) is 9.78 Å². The molecule has 132 valence electrons. The van der Waals surface area contributed by atoms with Gasteiger partial charge in [-0.05, 0) is 30.9 Å². The largest absolute Gasteiger partial charge is 0.480 e. The number of carbonyl (C=O) groups is 2. The molecule has 0 radical (unpaired) electrons. The van der Waals surface area contributed by atoms with Gasteiger partial charge in [0.1, 0.15) is 6.04 Å². The Kier molecular flexibility index (Phi) is 5.74. The van der Waals surface area contributed by atoms with Crippen molar-refractivity contribution in [1.82, 2.24) is 9.88 Å². The zero-order valence-electron chi connectivity index (χ0n) is 12.9. The van der Waals surface area contributed by atoms with Crippen LogP contribution in [0.5, 0.6) is 0 Å². The number of alkyl halides is 3. The Morgan fingerprint density at radius 1 is 1.42 bits per heavy atom. The number of pyridine rings is 1. The summed E-state index contributed by atoms with van der Waals surface area (Å²) in [6.45, 7) is 2.32. The van der Waals surface area contributed by atoms with Crippen LogP contribution in [0.4, 0.5) is 13.2 Å². The molecule has 0 saturated carbocycles. The number of amides is 1. The molecule has 2 unspecified atom stereocenters. The third kappa shape index (κ3) is 4.62. The summed E-state index contributed by atoms with van der Waals surface area (Å²) in [4.78, 5) is 28.6. The smallest absolute Gasteiger partial charge is 0.417 e. The molecule has 2 heterocycles. The minimum absolute atomic E-state index is 0.0590. The molecule has 2 rings (SSSR count). The van der Waals surface area contributed by atoms with E-state index in [1.54, 1.807) is 0 Å². The minimum Gasteiger partial charge on any atom is -0.480 e. The fraction of sp³-hybridized carbons (Fsp3) is 0.533. The van der Waals surface area contributed by atoms with E-state index in [9.17, 15) is 27.9 Å². The second kappa shape index (κ2) is 7.42. The summed E-state index contributed by atoms with van der Waals surface area (Å²) >= 11 is 0.993. The normalized spacial score (nSPS) is 21.6. The summed E-state index contributed by atoms with van der Waals surface area (Å²) in [6, 6.07) is 1.26. The van der Waals surface area contributed by atoms with Gasteiger partial charge in [-0.2, -0.15) is 13.2 Å². The van der Waals surface area contributed by atoms with Crippen LogP contribution in [0.1, 0.15) is 25.3 Å². The van der Waals surface area contributed by atoms with Gasteiger partial charge in [0.25, 0.3) is 0 Å². The van der Waals surface area contributed by atoms with Crippen molar-refractivity contribution in [1.29, 1.82) is 0 Å². The number of thioether (sulfide) groups is 1. The number of likely N-dealkylation sites (tertiary alicyclic amines) is 1. The molecule has 24 heavy (non-hydrogen) atoms. The number of piperidine rings is 1. The Bertz CT molecular complexity index is 607. The number of aromatic nitrogens is 1. The summed E-state index contributed by atoms with van der Waals surface area (Å²) < 4.78 is 37.4. The van der Waals surface area contributed by atoms with Crippen LogP contribution in [0.25, 0.3) is 0 Å². The number of aliphatic carboxylic acids is 1. The molecule has 1 amide bonds. The van der Waals surface area contributed by atoms with E-state index in [1.165, 1.54) is 11.0 Å². The number of hydrogen-bond acceptors (Lipinski definition) is 4. The van der Waals surface area contributed by atoms with Crippen LogP contribution in [-0.4, -0.2) is 45.2 Å². The fourth-order valence-electron chi connectivity index (χ4n) is 2.53. The topological polar surface area (TPSA) is 70.5 Å². The van der Waals surface area contributed by atoms with E-state index >= 15 is 0 Å². The SMILES string of the molecule is CC1CCN(C(=O)CSc2ccc(C(F)(F)F)cn2)C(C(=O)O)C1. The molecule has 1 N–H and O–H groups in total. The third-order valence-corrected chi connectivity index (χ3v) is 4.81. The molecule has 1 saturated heterocycles. The zero-order chi connectivity index (χ0) is 17.9. The number of halogens is 3. The number of carboxylic acids is 1. The number of rotatable bonds is 4. The number of carbonyl (C=O) groups excluding carboxylic acids is 1. The highest BCUT2D eigenvalue weighted by Crippen LogP contribution is 2.30. The highest BCUT2D eigenvalue weighted by atomic mass is 32.2. The molecule has 5 nitrogen and oxygen atoms in total. The molecule has 2 atom stereocenters. The highest BCUT2D eigenvalue weighted by Gasteiger charge is 2.34. The van der Waals surface area contributed by atoms with Gasteiger partial charge in [0.05, 0.1) is 16.3 Å². The van der Waals surface area contributed by atoms with Crippen molar-refractivity contribution in [2.75, 3.05) is 12.3 Å². The zero-order valence-corrected chi connectivity index (χ0v) is 13.7. The van der Waals surface area contributed by atoms with Crippen LogP contribution in [0.2, 0.25) is 0 Å². The van der Waals surface area contributed by atoms with Gasteiger partial charge >= 0.3 is 12.1 Å². The van der Waals surface area contributed by atoms with E-state index in [-0.39, 0.29) is 22.6 Å². The maximum atomic E-state index is 12.5. The van der Waals surface area contributed by atoms with Gasteiger partial charge in [0.2, 0.25) is 5.91 Å². The van der Waals surface area contributed by atoms with Crippen molar-refractivity contribution < 1.29 is 27.9 Å². The lowest BCUT2D eigenvalue weighted by molar-refractivity contribution is -0.151. The highest BCUT2D eigenvalue weighted by molar-refractivity contribution is 7.99. The number of hydrogen-bond donors (Lipinski definition) is 1. The van der Waals surface area contributed by atoms with Crippen LogP contribution in [0.15, 0.2) is 23.4 Å². The van der Waals surface area contributed by atoms with Crippen molar-refractivity contribution in [3.8, 4) is 0 Å². The van der Waals surface area contributed by atoms with Crippen molar-refractivity contribution in [3.63, 3.8) is 0 Å². The average molecular weight is 362 g/mol. The quantitative estimate of drug-likeness (QED) is 0.834. The van der Waals surface area contributed by atoms with Crippen LogP contribution < -0.4 is 0 Å². The summed E-state index contributed by atoms with van der Waals surface area (Å²) in [7, 11) is 0. The van der Waals surface area contributed by atoms with Crippen molar-refractivity contribution in [3.05, 3.63) is 23.9 Å². The second-order valence-electron chi connectivity index (χ2n) is 5.74. The van der Waals surface area contributed by atoms with E-state index in [4.69, 9.17) is 0 Å². The molecule has 0 aliphatic carbocycles.